The van der Waals surface area contributed by atoms with E-state index in [1.807, 2.05) is 6.07 Å². The third kappa shape index (κ3) is 5.45. The average molecular weight is 342 g/mol. The van der Waals surface area contributed by atoms with Crippen LogP contribution in [0.5, 0.6) is 5.75 Å². The van der Waals surface area contributed by atoms with E-state index in [-0.39, 0.29) is 0 Å². The van der Waals surface area contributed by atoms with Crippen molar-refractivity contribution in [2.45, 2.75) is 53.0 Å². The summed E-state index contributed by atoms with van der Waals surface area (Å²) in [5, 5.41) is 3.61. The third-order valence-corrected chi connectivity index (χ3v) is 4.29. The van der Waals surface area contributed by atoms with Crippen molar-refractivity contribution < 1.29 is 4.74 Å². The Balaban J connectivity index is 2.52. The summed E-state index contributed by atoms with van der Waals surface area (Å²) >= 11 is 3.55. The molecule has 1 unspecified atom stereocenters. The molecule has 0 aliphatic rings. The largest absolute Gasteiger partial charge is 0.496 e. The highest BCUT2D eigenvalue weighted by Gasteiger charge is 2.22. The van der Waals surface area contributed by atoms with Crippen LogP contribution in [0.3, 0.4) is 0 Å². The molecule has 1 N–H and O–H groups in total. The normalized spacial score (nSPS) is 13.3. The van der Waals surface area contributed by atoms with Crippen molar-refractivity contribution >= 4 is 15.9 Å². The topological polar surface area (TPSA) is 21.3 Å². The molecular weight excluding hydrogens is 314 g/mol. The zero-order valence-electron chi connectivity index (χ0n) is 13.4. The molecule has 0 saturated carbocycles. The van der Waals surface area contributed by atoms with E-state index in [9.17, 15) is 0 Å². The number of hydrogen-bond donors (Lipinski definition) is 1. The Kier molecular flexibility index (Phi) is 7.04. The van der Waals surface area contributed by atoms with Crippen LogP contribution in [0, 0.1) is 5.41 Å². The fourth-order valence-corrected chi connectivity index (χ4v) is 3.05. The van der Waals surface area contributed by atoms with E-state index in [0.29, 0.717) is 11.5 Å². The van der Waals surface area contributed by atoms with Gasteiger partial charge in [0.2, 0.25) is 0 Å². The Hall–Kier alpha value is -0.540. The second-order valence-electron chi connectivity index (χ2n) is 6.34. The molecule has 0 saturated heterocycles. The molecule has 0 fully saturated rings. The van der Waals surface area contributed by atoms with Crippen LogP contribution in [-0.4, -0.2) is 19.7 Å². The molecule has 20 heavy (non-hydrogen) atoms. The van der Waals surface area contributed by atoms with Crippen molar-refractivity contribution in [2.75, 3.05) is 13.7 Å². The lowest BCUT2D eigenvalue weighted by atomic mass is 9.83. The average Bonchev–Trinajstić information content (AvgIpc) is 2.37. The molecule has 2 nitrogen and oxygen atoms in total. The fourth-order valence-electron chi connectivity index (χ4n) is 2.46. The summed E-state index contributed by atoms with van der Waals surface area (Å²) in [4.78, 5) is 0. The first kappa shape index (κ1) is 17.5. The smallest absolute Gasteiger partial charge is 0.133 e. The highest BCUT2D eigenvalue weighted by molar-refractivity contribution is 9.10. The Morgan fingerprint density at radius 1 is 1.30 bits per heavy atom. The highest BCUT2D eigenvalue weighted by Crippen LogP contribution is 2.27. The van der Waals surface area contributed by atoms with Crippen LogP contribution >= 0.6 is 15.9 Å². The molecule has 0 aliphatic carbocycles. The predicted octanol–water partition coefficient (Wildman–Crippen LogP) is 4.80. The lowest BCUT2D eigenvalue weighted by molar-refractivity contribution is 0.254. The molecule has 0 bridgehead atoms. The number of methoxy groups -OCH3 is 1. The Morgan fingerprint density at radius 2 is 2.00 bits per heavy atom. The van der Waals surface area contributed by atoms with Gasteiger partial charge in [0, 0.05) is 6.04 Å². The molecule has 0 radical (unpaired) electrons. The molecule has 1 aromatic rings. The van der Waals surface area contributed by atoms with Crippen LogP contribution in [-0.2, 0) is 6.42 Å². The molecule has 0 spiro atoms. The molecular formula is C17H28BrNO. The van der Waals surface area contributed by atoms with Crippen molar-refractivity contribution in [3.05, 3.63) is 28.2 Å². The van der Waals surface area contributed by atoms with E-state index < -0.39 is 0 Å². The number of hydrogen-bond acceptors (Lipinski definition) is 2. The first-order chi connectivity index (χ1) is 9.38. The summed E-state index contributed by atoms with van der Waals surface area (Å²) in [6, 6.07) is 6.93. The van der Waals surface area contributed by atoms with Gasteiger partial charge in [0.1, 0.15) is 5.75 Å². The van der Waals surface area contributed by atoms with E-state index in [0.717, 1.165) is 23.2 Å². The van der Waals surface area contributed by atoms with Crippen LogP contribution in [0.4, 0.5) is 0 Å². The molecule has 0 aromatic heterocycles. The second kappa shape index (κ2) is 8.04. The summed E-state index contributed by atoms with van der Waals surface area (Å²) in [6.07, 6.45) is 3.52. The van der Waals surface area contributed by atoms with Gasteiger partial charge in [0.15, 0.2) is 0 Å². The fraction of sp³-hybridized carbons (Fsp3) is 0.647. The molecule has 0 aliphatic heterocycles. The Bertz CT molecular complexity index is 412. The van der Waals surface area contributed by atoms with Crippen molar-refractivity contribution in [1.29, 1.82) is 0 Å². The predicted molar refractivity (Wildman–Crippen MR) is 90.6 cm³/mol. The lowest BCUT2D eigenvalue weighted by Crippen LogP contribution is -2.40. The van der Waals surface area contributed by atoms with Gasteiger partial charge in [0.25, 0.3) is 0 Å². The summed E-state index contributed by atoms with van der Waals surface area (Å²) in [6.45, 7) is 10.1. The maximum atomic E-state index is 5.26. The van der Waals surface area contributed by atoms with Gasteiger partial charge in [-0.3, -0.25) is 0 Å². The zero-order valence-corrected chi connectivity index (χ0v) is 15.0. The van der Waals surface area contributed by atoms with Gasteiger partial charge in [-0.2, -0.15) is 0 Å². The van der Waals surface area contributed by atoms with Gasteiger partial charge in [-0.25, -0.2) is 0 Å². The minimum absolute atomic E-state index is 0.316. The van der Waals surface area contributed by atoms with E-state index >= 15 is 0 Å². The quantitative estimate of drug-likeness (QED) is 0.768. The minimum atomic E-state index is 0.316. The maximum absolute atomic E-state index is 5.26. The monoisotopic (exact) mass is 341 g/mol. The maximum Gasteiger partial charge on any atom is 0.133 e. The summed E-state index contributed by atoms with van der Waals surface area (Å²) < 4.78 is 6.30. The second-order valence-corrected chi connectivity index (χ2v) is 7.19. The lowest BCUT2D eigenvalue weighted by Gasteiger charge is -2.31. The van der Waals surface area contributed by atoms with Crippen LogP contribution < -0.4 is 10.1 Å². The number of nitrogens with one attached hydrogen (secondary N) is 1. The minimum Gasteiger partial charge on any atom is -0.496 e. The SMILES string of the molecule is CCNC(CCCc1ccc(OC)c(Br)c1)C(C)(C)C. The van der Waals surface area contributed by atoms with Crippen LogP contribution in [0.1, 0.15) is 46.1 Å². The zero-order chi connectivity index (χ0) is 15.2. The first-order valence-electron chi connectivity index (χ1n) is 7.44. The van der Waals surface area contributed by atoms with Gasteiger partial charge >= 0.3 is 0 Å². The Morgan fingerprint density at radius 3 is 2.50 bits per heavy atom. The van der Waals surface area contributed by atoms with E-state index in [4.69, 9.17) is 4.74 Å². The number of ether oxygens (including phenoxy) is 1. The van der Waals surface area contributed by atoms with Gasteiger partial charge < -0.3 is 10.1 Å². The third-order valence-electron chi connectivity index (χ3n) is 3.67. The van der Waals surface area contributed by atoms with Crippen LogP contribution in [0.15, 0.2) is 22.7 Å². The molecule has 1 atom stereocenters. The van der Waals surface area contributed by atoms with Gasteiger partial charge in [-0.05, 0) is 64.8 Å². The molecule has 114 valence electrons. The van der Waals surface area contributed by atoms with Crippen molar-refractivity contribution in [2.24, 2.45) is 5.41 Å². The number of halogens is 1. The van der Waals surface area contributed by atoms with E-state index in [1.165, 1.54) is 18.4 Å². The molecule has 1 rings (SSSR count). The number of benzene rings is 1. The van der Waals surface area contributed by atoms with E-state index in [1.54, 1.807) is 7.11 Å². The summed E-state index contributed by atoms with van der Waals surface area (Å²) in [5.41, 5.74) is 1.68. The van der Waals surface area contributed by atoms with Gasteiger partial charge in [-0.1, -0.05) is 33.8 Å². The number of rotatable bonds is 7. The Labute approximate surface area is 132 Å². The van der Waals surface area contributed by atoms with Crippen molar-refractivity contribution in [1.82, 2.24) is 5.32 Å². The van der Waals surface area contributed by atoms with E-state index in [2.05, 4.69) is 61.1 Å². The van der Waals surface area contributed by atoms with Crippen molar-refractivity contribution in [3.8, 4) is 5.75 Å². The molecule has 3 heteroatoms. The van der Waals surface area contributed by atoms with Crippen LogP contribution in [0.2, 0.25) is 0 Å². The molecule has 0 amide bonds. The van der Waals surface area contributed by atoms with Gasteiger partial charge in [0.05, 0.1) is 11.6 Å². The highest BCUT2D eigenvalue weighted by atomic mass is 79.9. The summed E-state index contributed by atoms with van der Waals surface area (Å²) in [5.74, 6) is 0.897. The molecule has 1 aromatic carbocycles. The molecule has 0 heterocycles. The summed E-state index contributed by atoms with van der Waals surface area (Å²) in [7, 11) is 1.70. The van der Waals surface area contributed by atoms with Crippen molar-refractivity contribution in [3.63, 3.8) is 0 Å². The standard InChI is InChI=1S/C17H28BrNO/c1-6-19-16(17(2,3)4)9-7-8-13-10-11-15(20-5)14(18)12-13/h10-12,16,19H,6-9H2,1-5H3. The first-order valence-corrected chi connectivity index (χ1v) is 8.23. The number of aryl methyl sites for hydroxylation is 1. The van der Waals surface area contributed by atoms with Crippen LogP contribution in [0.25, 0.3) is 0 Å². The van der Waals surface area contributed by atoms with Gasteiger partial charge in [-0.15, -0.1) is 0 Å².